The van der Waals surface area contributed by atoms with Gasteiger partial charge in [0.2, 0.25) is 23.8 Å². The maximum atomic E-state index is 4.21. The molecule has 2 rings (SSSR count). The van der Waals surface area contributed by atoms with Crippen LogP contribution in [0.4, 0.5) is 23.8 Å². The fourth-order valence-electron chi connectivity index (χ4n) is 1.59. The smallest absolute Gasteiger partial charge is 0.228 e. The SMILES string of the molecule is CCNc1nc(NCC)nc(SC)n1.CNc1nc(NC)nc(SC)n1. The van der Waals surface area contributed by atoms with E-state index in [1.54, 1.807) is 14.1 Å². The van der Waals surface area contributed by atoms with Crippen LogP contribution in [0, 0.1) is 0 Å². The lowest BCUT2D eigenvalue weighted by molar-refractivity contribution is 0.896. The van der Waals surface area contributed by atoms with Gasteiger partial charge in [0.15, 0.2) is 10.3 Å². The zero-order valence-electron chi connectivity index (χ0n) is 15.9. The minimum atomic E-state index is 0.582. The van der Waals surface area contributed by atoms with Gasteiger partial charge in [-0.3, -0.25) is 0 Å². The summed E-state index contributed by atoms with van der Waals surface area (Å²) in [6.07, 6.45) is 3.87. The average molecular weight is 399 g/mol. The molecule has 0 saturated heterocycles. The number of hydrogen-bond donors (Lipinski definition) is 4. The van der Waals surface area contributed by atoms with Gasteiger partial charge in [-0.1, -0.05) is 23.5 Å². The second-order valence-electron chi connectivity index (χ2n) is 4.50. The Kier molecular flexibility index (Phi) is 10.4. The monoisotopic (exact) mass is 398 g/mol. The van der Waals surface area contributed by atoms with E-state index in [4.69, 9.17) is 0 Å². The molecule has 4 N–H and O–H groups in total. The Hall–Kier alpha value is -2.08. The van der Waals surface area contributed by atoms with Crippen molar-refractivity contribution in [3.05, 3.63) is 0 Å². The van der Waals surface area contributed by atoms with Crippen molar-refractivity contribution >= 4 is 47.3 Å². The van der Waals surface area contributed by atoms with E-state index in [0.29, 0.717) is 28.9 Å². The molecule has 0 aliphatic heterocycles. The molecule has 2 aromatic heterocycles. The van der Waals surface area contributed by atoms with Gasteiger partial charge in [0.25, 0.3) is 0 Å². The van der Waals surface area contributed by atoms with Crippen LogP contribution in [0.15, 0.2) is 10.3 Å². The number of anilines is 4. The summed E-state index contributed by atoms with van der Waals surface area (Å²) >= 11 is 2.99. The first-order valence-corrected chi connectivity index (χ1v) is 10.5. The molecule has 0 bridgehead atoms. The fourth-order valence-corrected chi connectivity index (χ4v) is 2.30. The standard InChI is InChI=1S/C8H15N5S.C6H11N5S/c1-4-9-6-11-7(10-5-2)13-8(12-6)14-3;1-7-4-9-5(8-2)11-6(10-4)12-3/h4-5H2,1-3H3,(H2,9,10,11,12,13);1-3H3,(H2,7,8,9,10,11). The van der Waals surface area contributed by atoms with Crippen LogP contribution >= 0.6 is 23.5 Å². The number of hydrogen-bond acceptors (Lipinski definition) is 12. The van der Waals surface area contributed by atoms with Crippen molar-refractivity contribution in [2.45, 2.75) is 24.2 Å². The Bertz CT molecular complexity index is 591. The molecule has 0 amide bonds. The molecule has 26 heavy (non-hydrogen) atoms. The summed E-state index contributed by atoms with van der Waals surface area (Å²) in [4.78, 5) is 24.9. The summed E-state index contributed by atoms with van der Waals surface area (Å²) in [6.45, 7) is 5.64. The highest BCUT2D eigenvalue weighted by atomic mass is 32.2. The Labute approximate surface area is 162 Å². The molecule has 12 heteroatoms. The van der Waals surface area contributed by atoms with Crippen molar-refractivity contribution in [1.29, 1.82) is 0 Å². The molecule has 0 aliphatic rings. The Morgan fingerprint density at radius 2 is 0.962 bits per heavy atom. The lowest BCUT2D eigenvalue weighted by Crippen LogP contribution is -2.09. The van der Waals surface area contributed by atoms with E-state index in [-0.39, 0.29) is 0 Å². The Morgan fingerprint density at radius 3 is 1.27 bits per heavy atom. The van der Waals surface area contributed by atoms with Crippen LogP contribution in [0.3, 0.4) is 0 Å². The molecule has 0 saturated carbocycles. The van der Waals surface area contributed by atoms with Gasteiger partial charge in [0.05, 0.1) is 0 Å². The molecule has 2 heterocycles. The minimum Gasteiger partial charge on any atom is -0.357 e. The zero-order valence-corrected chi connectivity index (χ0v) is 17.5. The van der Waals surface area contributed by atoms with Crippen LogP contribution in [-0.2, 0) is 0 Å². The first-order chi connectivity index (χ1) is 12.6. The highest BCUT2D eigenvalue weighted by molar-refractivity contribution is 7.98. The molecule has 2 aromatic rings. The molecular weight excluding hydrogens is 372 g/mol. The quantitative estimate of drug-likeness (QED) is 0.487. The van der Waals surface area contributed by atoms with Crippen LogP contribution in [0.2, 0.25) is 0 Å². The summed E-state index contributed by atoms with van der Waals surface area (Å²) in [6, 6.07) is 0. The Balaban J connectivity index is 0.000000263. The second kappa shape index (κ2) is 12.3. The fraction of sp³-hybridized carbons (Fsp3) is 0.571. The van der Waals surface area contributed by atoms with Gasteiger partial charge in [-0.05, 0) is 26.4 Å². The van der Waals surface area contributed by atoms with Crippen molar-refractivity contribution in [1.82, 2.24) is 29.9 Å². The van der Waals surface area contributed by atoms with Crippen molar-refractivity contribution in [2.75, 3.05) is 61.0 Å². The van der Waals surface area contributed by atoms with Crippen molar-refractivity contribution < 1.29 is 0 Å². The van der Waals surface area contributed by atoms with E-state index in [9.17, 15) is 0 Å². The van der Waals surface area contributed by atoms with Gasteiger partial charge in [0.1, 0.15) is 0 Å². The van der Waals surface area contributed by atoms with E-state index < -0.39 is 0 Å². The summed E-state index contributed by atoms with van der Waals surface area (Å²) in [5.41, 5.74) is 0. The second-order valence-corrected chi connectivity index (χ2v) is 6.05. The van der Waals surface area contributed by atoms with Gasteiger partial charge in [-0.15, -0.1) is 0 Å². The van der Waals surface area contributed by atoms with Crippen molar-refractivity contribution in [3.63, 3.8) is 0 Å². The molecular formula is C14H26N10S2. The lowest BCUT2D eigenvalue weighted by atomic mass is 10.7. The van der Waals surface area contributed by atoms with Crippen LogP contribution in [0.1, 0.15) is 13.8 Å². The van der Waals surface area contributed by atoms with E-state index in [2.05, 4.69) is 51.2 Å². The summed E-state index contributed by atoms with van der Waals surface area (Å²) in [7, 11) is 3.55. The molecule has 0 radical (unpaired) electrons. The maximum absolute atomic E-state index is 4.21. The van der Waals surface area contributed by atoms with Gasteiger partial charge in [-0.25, -0.2) is 0 Å². The molecule has 144 valence electrons. The van der Waals surface area contributed by atoms with Crippen LogP contribution in [-0.4, -0.2) is 69.6 Å². The number of thioether (sulfide) groups is 2. The molecule has 0 unspecified atom stereocenters. The van der Waals surface area contributed by atoms with E-state index in [1.807, 2.05) is 26.4 Å². The normalized spacial score (nSPS) is 9.77. The lowest BCUT2D eigenvalue weighted by Gasteiger charge is -2.06. The highest BCUT2D eigenvalue weighted by Gasteiger charge is 2.03. The predicted molar refractivity (Wildman–Crippen MR) is 111 cm³/mol. The van der Waals surface area contributed by atoms with Crippen LogP contribution in [0.5, 0.6) is 0 Å². The summed E-state index contributed by atoms with van der Waals surface area (Å²) in [5.74, 6) is 2.42. The summed E-state index contributed by atoms with van der Waals surface area (Å²) < 4.78 is 0. The molecule has 0 fully saturated rings. The highest BCUT2D eigenvalue weighted by Crippen LogP contribution is 2.13. The molecule has 0 spiro atoms. The third kappa shape index (κ3) is 7.44. The summed E-state index contributed by atoms with van der Waals surface area (Å²) in [5, 5.41) is 13.3. The van der Waals surface area contributed by atoms with E-state index in [0.717, 1.165) is 18.2 Å². The third-order valence-corrected chi connectivity index (χ3v) is 3.81. The van der Waals surface area contributed by atoms with Crippen LogP contribution in [0.25, 0.3) is 0 Å². The number of nitrogens with one attached hydrogen (secondary N) is 4. The Morgan fingerprint density at radius 1 is 0.615 bits per heavy atom. The first-order valence-electron chi connectivity index (χ1n) is 8.03. The van der Waals surface area contributed by atoms with Gasteiger partial charge in [0, 0.05) is 27.2 Å². The number of rotatable bonds is 8. The average Bonchev–Trinajstić information content (AvgIpc) is 2.68. The molecule has 0 aliphatic carbocycles. The van der Waals surface area contributed by atoms with E-state index in [1.165, 1.54) is 23.5 Å². The van der Waals surface area contributed by atoms with Gasteiger partial charge >= 0.3 is 0 Å². The van der Waals surface area contributed by atoms with Gasteiger partial charge in [-0.2, -0.15) is 29.9 Å². The largest absolute Gasteiger partial charge is 0.357 e. The maximum Gasteiger partial charge on any atom is 0.228 e. The van der Waals surface area contributed by atoms with Crippen LogP contribution < -0.4 is 21.3 Å². The van der Waals surface area contributed by atoms with E-state index >= 15 is 0 Å². The predicted octanol–water partition coefficient (Wildman–Crippen LogP) is 2.13. The number of nitrogens with zero attached hydrogens (tertiary/aromatic N) is 6. The minimum absolute atomic E-state index is 0.582. The molecule has 0 aromatic carbocycles. The van der Waals surface area contributed by atoms with Gasteiger partial charge < -0.3 is 21.3 Å². The number of aromatic nitrogens is 6. The first kappa shape index (κ1) is 22.0. The molecule has 0 atom stereocenters. The topological polar surface area (TPSA) is 125 Å². The zero-order chi connectivity index (χ0) is 19.4. The van der Waals surface area contributed by atoms with Crippen molar-refractivity contribution in [2.24, 2.45) is 0 Å². The molecule has 10 nitrogen and oxygen atoms in total. The van der Waals surface area contributed by atoms with Crippen molar-refractivity contribution in [3.8, 4) is 0 Å². The third-order valence-electron chi connectivity index (χ3n) is 2.71.